The lowest BCUT2D eigenvalue weighted by Gasteiger charge is -2.30. The molecule has 0 spiro atoms. The van der Waals surface area contributed by atoms with Gasteiger partial charge in [-0.3, -0.25) is 14.2 Å². The molecule has 0 aliphatic heterocycles. The molecule has 1 N–H and O–H groups in total. The van der Waals surface area contributed by atoms with E-state index in [2.05, 4.69) is 86.8 Å². The van der Waals surface area contributed by atoms with Crippen LogP contribution in [0.15, 0.2) is 72.9 Å². The Balaban J connectivity index is 5.42. The van der Waals surface area contributed by atoms with E-state index in [1.807, 2.05) is 33.3 Å². The van der Waals surface area contributed by atoms with Gasteiger partial charge in [0.2, 0.25) is 5.91 Å². The van der Waals surface area contributed by atoms with Crippen LogP contribution in [0.1, 0.15) is 245 Å². The smallest absolute Gasteiger partial charge is 0.306 e. The highest BCUT2D eigenvalue weighted by Gasteiger charge is 2.27. The minimum Gasteiger partial charge on any atom is -0.756 e. The van der Waals surface area contributed by atoms with Gasteiger partial charge in [0.05, 0.1) is 33.8 Å². The number of amides is 1. The second kappa shape index (κ2) is 50.0. The SMILES string of the molecule is CCCCC/C=C\C/C=C\C/C=C\CCCCCCC(=O)OC(/C=C/CCCCCCCCCCCC)C(COP(=O)([O-])OCC[N+](C)(C)C)NC(=O)CCCCCCCC/C=C/C=C/CCCCC. The molecule has 3 atom stereocenters. The van der Waals surface area contributed by atoms with E-state index >= 15 is 0 Å². The van der Waals surface area contributed by atoms with Crippen molar-refractivity contribution in [3.8, 4) is 0 Å². The summed E-state index contributed by atoms with van der Waals surface area (Å²) in [6.45, 7) is 6.75. The predicted molar refractivity (Wildman–Crippen MR) is 298 cm³/mol. The van der Waals surface area contributed by atoms with Crippen LogP contribution in [0.5, 0.6) is 0 Å². The lowest BCUT2D eigenvalue weighted by Crippen LogP contribution is -2.47. The van der Waals surface area contributed by atoms with Crippen molar-refractivity contribution < 1.29 is 37.3 Å². The topological polar surface area (TPSA) is 114 Å². The number of nitrogens with zero attached hydrogens (tertiary/aromatic N) is 1. The predicted octanol–water partition coefficient (Wildman–Crippen LogP) is 16.6. The van der Waals surface area contributed by atoms with Crippen LogP contribution in [0.4, 0.5) is 0 Å². The number of unbranched alkanes of at least 4 members (excludes halogenated alkanes) is 26. The monoisotopic (exact) mass is 1000 g/mol. The number of phosphoric ester groups is 1. The van der Waals surface area contributed by atoms with Crippen LogP contribution in [0.3, 0.4) is 0 Å². The van der Waals surface area contributed by atoms with Gasteiger partial charge in [-0.1, -0.05) is 210 Å². The van der Waals surface area contributed by atoms with Gasteiger partial charge in [0.1, 0.15) is 19.3 Å². The summed E-state index contributed by atoms with van der Waals surface area (Å²) < 4.78 is 30.2. The van der Waals surface area contributed by atoms with Crippen molar-refractivity contribution in [1.82, 2.24) is 5.32 Å². The van der Waals surface area contributed by atoms with Crippen molar-refractivity contribution in [3.05, 3.63) is 72.9 Å². The normalized spacial score (nSPS) is 14.3. The highest BCUT2D eigenvalue weighted by molar-refractivity contribution is 7.45. The van der Waals surface area contributed by atoms with Crippen LogP contribution in [0.25, 0.3) is 0 Å². The maximum Gasteiger partial charge on any atom is 0.306 e. The molecule has 0 aromatic carbocycles. The van der Waals surface area contributed by atoms with Crippen molar-refractivity contribution in [2.24, 2.45) is 0 Å². The molecular weight excluding hydrogens is 892 g/mol. The zero-order chi connectivity index (χ0) is 51.5. The summed E-state index contributed by atoms with van der Waals surface area (Å²) in [5.74, 6) is -0.582. The van der Waals surface area contributed by atoms with Crippen LogP contribution in [0, 0.1) is 0 Å². The number of hydrogen-bond donors (Lipinski definition) is 1. The van der Waals surface area contributed by atoms with Gasteiger partial charge in [0.15, 0.2) is 0 Å². The molecule has 0 rings (SSSR count). The van der Waals surface area contributed by atoms with Crippen molar-refractivity contribution in [2.75, 3.05) is 40.9 Å². The lowest BCUT2D eigenvalue weighted by molar-refractivity contribution is -0.870. The molecular formula is C60H109N2O7P. The van der Waals surface area contributed by atoms with Gasteiger partial charge in [-0.05, 0) is 96.0 Å². The van der Waals surface area contributed by atoms with Gasteiger partial charge >= 0.3 is 5.97 Å². The Morgan fingerprint density at radius 1 is 0.514 bits per heavy atom. The van der Waals surface area contributed by atoms with Crippen LogP contribution >= 0.6 is 7.82 Å². The molecule has 9 nitrogen and oxygen atoms in total. The third-order valence-electron chi connectivity index (χ3n) is 12.4. The average molecular weight is 1000 g/mol. The van der Waals surface area contributed by atoms with E-state index in [9.17, 15) is 19.0 Å². The van der Waals surface area contributed by atoms with E-state index < -0.39 is 26.6 Å². The van der Waals surface area contributed by atoms with Gasteiger partial charge in [-0.25, -0.2) is 0 Å². The Bertz CT molecular complexity index is 1430. The number of carbonyl (C=O) groups is 2. The Hall–Kier alpha value is -2.55. The maximum absolute atomic E-state index is 13.5. The summed E-state index contributed by atoms with van der Waals surface area (Å²) in [6.07, 6.45) is 62.8. The quantitative estimate of drug-likeness (QED) is 0.0161. The Morgan fingerprint density at radius 2 is 0.914 bits per heavy atom. The van der Waals surface area contributed by atoms with Gasteiger partial charge in [0, 0.05) is 12.8 Å². The first-order chi connectivity index (χ1) is 33.9. The van der Waals surface area contributed by atoms with Crippen molar-refractivity contribution in [1.29, 1.82) is 0 Å². The van der Waals surface area contributed by atoms with E-state index in [1.165, 1.54) is 96.3 Å². The summed E-state index contributed by atoms with van der Waals surface area (Å²) in [4.78, 5) is 39.8. The van der Waals surface area contributed by atoms with Crippen LogP contribution < -0.4 is 10.2 Å². The molecule has 10 heteroatoms. The number of ether oxygens (including phenoxy) is 1. The molecule has 0 fully saturated rings. The molecule has 0 radical (unpaired) electrons. The number of quaternary nitrogens is 1. The molecule has 0 saturated carbocycles. The minimum absolute atomic E-state index is 0.0310. The molecule has 0 saturated heterocycles. The Labute approximate surface area is 432 Å². The second-order valence-electron chi connectivity index (χ2n) is 20.5. The summed E-state index contributed by atoms with van der Waals surface area (Å²) in [5.41, 5.74) is 0. The molecule has 0 bridgehead atoms. The van der Waals surface area contributed by atoms with Gasteiger partial charge in [0.25, 0.3) is 7.82 Å². The Morgan fingerprint density at radius 3 is 1.41 bits per heavy atom. The third kappa shape index (κ3) is 50.4. The fourth-order valence-corrected chi connectivity index (χ4v) is 8.59. The number of esters is 1. The first-order valence-electron chi connectivity index (χ1n) is 28.8. The van der Waals surface area contributed by atoms with Crippen LogP contribution in [-0.2, 0) is 27.9 Å². The molecule has 0 aromatic rings. The zero-order valence-electron chi connectivity index (χ0n) is 46.2. The van der Waals surface area contributed by atoms with E-state index in [4.69, 9.17) is 13.8 Å². The minimum atomic E-state index is -4.70. The van der Waals surface area contributed by atoms with Gasteiger partial charge in [-0.15, -0.1) is 0 Å². The van der Waals surface area contributed by atoms with Crippen molar-refractivity contribution >= 4 is 19.7 Å². The maximum atomic E-state index is 13.5. The molecule has 70 heavy (non-hydrogen) atoms. The fourth-order valence-electron chi connectivity index (χ4n) is 7.87. The molecule has 0 aliphatic rings. The summed E-state index contributed by atoms with van der Waals surface area (Å²) >= 11 is 0. The van der Waals surface area contributed by atoms with Crippen LogP contribution in [0.2, 0.25) is 0 Å². The van der Waals surface area contributed by atoms with Crippen molar-refractivity contribution in [2.45, 2.75) is 258 Å². The number of carbonyl (C=O) groups excluding carboxylic acids is 2. The third-order valence-corrected chi connectivity index (χ3v) is 13.4. The summed E-state index contributed by atoms with van der Waals surface area (Å²) in [7, 11) is 1.16. The number of hydrogen-bond acceptors (Lipinski definition) is 7. The summed E-state index contributed by atoms with van der Waals surface area (Å²) in [6, 6.07) is -0.905. The van der Waals surface area contributed by atoms with E-state index in [0.717, 1.165) is 109 Å². The van der Waals surface area contributed by atoms with E-state index in [1.54, 1.807) is 0 Å². The standard InChI is InChI=1S/C60H109N2O7P/c1-7-10-13-16-19-22-25-28-30-31-33-35-38-41-44-47-50-53-60(64)69-58(51-48-45-42-39-36-27-24-21-18-15-12-9-3)57(56-68-70(65,66)67-55-54-62(4,5)6)61-59(63)52-49-46-43-40-37-34-32-29-26-23-20-17-14-11-8-2/h19-20,22-23,26,28-30,33,35,48,51,57-58H,7-18,21,24-25,27,31-32,34,36-47,49-50,52-56H2,1-6H3,(H-,61,63,65,66)/b22-19-,23-20+,29-26+,30-28-,35-33-,51-48+. The molecule has 0 aromatic heterocycles. The number of phosphoric acid groups is 1. The largest absolute Gasteiger partial charge is 0.756 e. The average Bonchev–Trinajstić information content (AvgIpc) is 3.32. The van der Waals surface area contributed by atoms with E-state index in [-0.39, 0.29) is 24.9 Å². The fraction of sp³-hybridized carbons (Fsp3) is 0.767. The highest BCUT2D eigenvalue weighted by atomic mass is 31.2. The molecule has 1 amide bonds. The molecule has 406 valence electrons. The first-order valence-corrected chi connectivity index (χ1v) is 30.2. The molecule has 0 heterocycles. The number of rotatable bonds is 51. The first kappa shape index (κ1) is 67.5. The Kier molecular flexibility index (Phi) is 48.2. The van der Waals surface area contributed by atoms with Gasteiger partial charge < -0.3 is 28.5 Å². The lowest BCUT2D eigenvalue weighted by atomic mass is 10.0. The number of likely N-dealkylation sites (N-methyl/N-ethyl adjacent to an activating group) is 1. The van der Waals surface area contributed by atoms with Gasteiger partial charge in [-0.2, -0.15) is 0 Å². The van der Waals surface area contributed by atoms with E-state index in [0.29, 0.717) is 23.9 Å². The zero-order valence-corrected chi connectivity index (χ0v) is 47.1. The highest BCUT2D eigenvalue weighted by Crippen LogP contribution is 2.38. The van der Waals surface area contributed by atoms with Crippen molar-refractivity contribution in [3.63, 3.8) is 0 Å². The second-order valence-corrected chi connectivity index (χ2v) is 21.9. The van der Waals surface area contributed by atoms with Crippen LogP contribution in [-0.4, -0.2) is 69.4 Å². The number of allylic oxidation sites excluding steroid dienone is 11. The number of nitrogens with one attached hydrogen (secondary N) is 1. The summed E-state index contributed by atoms with van der Waals surface area (Å²) in [5, 5.41) is 3.01. The molecule has 0 aliphatic carbocycles. The molecule has 3 unspecified atom stereocenters.